The van der Waals surface area contributed by atoms with E-state index in [0.29, 0.717) is 11.4 Å². The molecule has 0 aliphatic carbocycles. The molecule has 8 heteroatoms. The van der Waals surface area contributed by atoms with Crippen LogP contribution >= 0.6 is 0 Å². The van der Waals surface area contributed by atoms with E-state index in [1.54, 1.807) is 24.5 Å². The molecule has 0 spiro atoms. The van der Waals surface area contributed by atoms with Gasteiger partial charge in [-0.3, -0.25) is 4.79 Å². The lowest BCUT2D eigenvalue weighted by atomic mass is 10.2. The van der Waals surface area contributed by atoms with E-state index in [9.17, 15) is 13.2 Å². The molecule has 1 aromatic heterocycles. The lowest BCUT2D eigenvalue weighted by Crippen LogP contribution is -2.31. The highest BCUT2D eigenvalue weighted by Gasteiger charge is 2.19. The van der Waals surface area contributed by atoms with Gasteiger partial charge in [0.15, 0.2) is 0 Å². The Kier molecular flexibility index (Phi) is 5.50. The number of aromatic nitrogens is 2. The van der Waals surface area contributed by atoms with Gasteiger partial charge < -0.3 is 9.88 Å². The molecule has 0 atom stereocenters. The first kappa shape index (κ1) is 17.6. The molecule has 7 nitrogen and oxygen atoms in total. The number of likely N-dealkylation sites (tertiary alicyclic amines) is 1. The summed E-state index contributed by atoms with van der Waals surface area (Å²) in [6.45, 7) is 1.62. The number of sulfonamides is 1. The first-order valence-corrected chi connectivity index (χ1v) is 9.92. The fourth-order valence-corrected chi connectivity index (χ4v) is 3.86. The predicted molar refractivity (Wildman–Crippen MR) is 93.4 cm³/mol. The van der Waals surface area contributed by atoms with Crippen LogP contribution in [0, 0.1) is 0 Å². The summed E-state index contributed by atoms with van der Waals surface area (Å²) >= 11 is 0. The molecule has 0 radical (unpaired) electrons. The zero-order chi connectivity index (χ0) is 17.7. The van der Waals surface area contributed by atoms with E-state index in [1.165, 1.54) is 12.1 Å². The summed E-state index contributed by atoms with van der Waals surface area (Å²) in [5.41, 5.74) is 0.520. The van der Waals surface area contributed by atoms with Crippen LogP contribution < -0.4 is 4.72 Å². The minimum absolute atomic E-state index is 0.0330. The van der Waals surface area contributed by atoms with E-state index in [4.69, 9.17) is 0 Å². The lowest BCUT2D eigenvalue weighted by molar-refractivity contribution is 0.0761. The third-order valence-corrected chi connectivity index (χ3v) is 5.71. The van der Waals surface area contributed by atoms with Crippen molar-refractivity contribution in [2.75, 3.05) is 13.1 Å². The van der Waals surface area contributed by atoms with Gasteiger partial charge >= 0.3 is 0 Å². The summed E-state index contributed by atoms with van der Waals surface area (Å²) in [5.74, 6) is 0.505. The monoisotopic (exact) mass is 362 g/mol. The summed E-state index contributed by atoms with van der Waals surface area (Å²) in [5, 5.41) is 0. The molecule has 0 bridgehead atoms. The van der Waals surface area contributed by atoms with Crippen molar-refractivity contribution in [3.63, 3.8) is 0 Å². The number of rotatable bonds is 5. The van der Waals surface area contributed by atoms with E-state index < -0.39 is 10.0 Å². The Morgan fingerprint density at radius 1 is 1.12 bits per heavy atom. The van der Waals surface area contributed by atoms with Gasteiger partial charge in [-0.2, -0.15) is 0 Å². The Bertz CT molecular complexity index is 793. The van der Waals surface area contributed by atoms with Crippen LogP contribution in [0.15, 0.2) is 41.6 Å². The highest BCUT2D eigenvalue weighted by molar-refractivity contribution is 7.89. The first-order chi connectivity index (χ1) is 12.1. The molecular weight excluding hydrogens is 340 g/mol. The number of imidazole rings is 1. The van der Waals surface area contributed by atoms with E-state index >= 15 is 0 Å². The van der Waals surface area contributed by atoms with Crippen LogP contribution in [-0.2, 0) is 16.6 Å². The Morgan fingerprint density at radius 3 is 2.40 bits per heavy atom. The van der Waals surface area contributed by atoms with Crippen LogP contribution in [0.25, 0.3) is 0 Å². The summed E-state index contributed by atoms with van der Waals surface area (Å²) in [4.78, 5) is 21.3. The van der Waals surface area contributed by atoms with E-state index in [-0.39, 0.29) is 17.3 Å². The number of benzene rings is 1. The molecule has 1 aromatic carbocycles. The molecule has 25 heavy (non-hydrogen) atoms. The SMILES string of the molecule is O=C(c1ccc(S(=O)(=O)NCc2ncc[nH]2)cc1)N1CCCCCC1. The molecule has 0 saturated carbocycles. The lowest BCUT2D eigenvalue weighted by Gasteiger charge is -2.20. The number of hydrogen-bond acceptors (Lipinski definition) is 4. The normalized spacial score (nSPS) is 15.8. The molecule has 2 N–H and O–H groups in total. The van der Waals surface area contributed by atoms with Crippen LogP contribution in [0.5, 0.6) is 0 Å². The van der Waals surface area contributed by atoms with Gasteiger partial charge in [-0.05, 0) is 37.1 Å². The zero-order valence-corrected chi connectivity index (χ0v) is 14.8. The summed E-state index contributed by atoms with van der Waals surface area (Å²) in [7, 11) is -3.64. The van der Waals surface area contributed by atoms with Crippen molar-refractivity contribution in [3.8, 4) is 0 Å². The average molecular weight is 362 g/mol. The van der Waals surface area contributed by atoms with E-state index in [1.807, 2.05) is 4.90 Å². The molecule has 1 aliphatic heterocycles. The third kappa shape index (κ3) is 4.46. The fourth-order valence-electron chi connectivity index (χ4n) is 2.87. The first-order valence-electron chi connectivity index (χ1n) is 8.43. The van der Waals surface area contributed by atoms with Crippen LogP contribution in [0.3, 0.4) is 0 Å². The molecule has 1 amide bonds. The van der Waals surface area contributed by atoms with Crippen molar-refractivity contribution < 1.29 is 13.2 Å². The highest BCUT2D eigenvalue weighted by atomic mass is 32.2. The second-order valence-corrected chi connectivity index (χ2v) is 7.86. The number of H-pyrrole nitrogens is 1. The molecule has 0 unspecified atom stereocenters. The minimum Gasteiger partial charge on any atom is -0.347 e. The van der Waals surface area contributed by atoms with Gasteiger partial charge in [0.05, 0.1) is 11.4 Å². The van der Waals surface area contributed by atoms with Crippen molar-refractivity contribution in [1.82, 2.24) is 19.6 Å². The second kappa shape index (κ2) is 7.79. The molecule has 134 valence electrons. The van der Waals surface area contributed by atoms with Crippen LogP contribution in [0.2, 0.25) is 0 Å². The Morgan fingerprint density at radius 2 is 1.80 bits per heavy atom. The van der Waals surface area contributed by atoms with Crippen LogP contribution in [0.1, 0.15) is 41.9 Å². The molecule has 1 aliphatic rings. The van der Waals surface area contributed by atoms with Gasteiger partial charge in [0.1, 0.15) is 5.82 Å². The van der Waals surface area contributed by atoms with Crippen molar-refractivity contribution in [1.29, 1.82) is 0 Å². The summed E-state index contributed by atoms with van der Waals surface area (Å²) in [6, 6.07) is 6.09. The standard InChI is InChI=1S/C17H22N4O3S/c22-17(21-11-3-1-2-4-12-21)14-5-7-15(8-6-14)25(23,24)20-13-16-18-9-10-19-16/h5-10,20H,1-4,11-13H2,(H,18,19). The molecule has 1 saturated heterocycles. The third-order valence-electron chi connectivity index (χ3n) is 4.29. The largest absolute Gasteiger partial charge is 0.347 e. The predicted octanol–water partition coefficient (Wildman–Crippen LogP) is 1.90. The number of amides is 1. The van der Waals surface area contributed by atoms with Crippen molar-refractivity contribution >= 4 is 15.9 Å². The van der Waals surface area contributed by atoms with Crippen LogP contribution in [-0.4, -0.2) is 42.3 Å². The van der Waals surface area contributed by atoms with Gasteiger partial charge in [-0.15, -0.1) is 0 Å². The van der Waals surface area contributed by atoms with Crippen molar-refractivity contribution in [2.24, 2.45) is 0 Å². The van der Waals surface area contributed by atoms with Gasteiger partial charge in [-0.1, -0.05) is 12.8 Å². The quantitative estimate of drug-likeness (QED) is 0.849. The average Bonchev–Trinajstić information content (AvgIpc) is 3.00. The number of nitrogens with one attached hydrogen (secondary N) is 2. The molecule has 2 aromatic rings. The summed E-state index contributed by atoms with van der Waals surface area (Å²) < 4.78 is 27.1. The van der Waals surface area contributed by atoms with Crippen molar-refractivity contribution in [2.45, 2.75) is 37.1 Å². The molecule has 3 rings (SSSR count). The number of hydrogen-bond donors (Lipinski definition) is 2. The molecule has 2 heterocycles. The number of carbonyl (C=O) groups excluding carboxylic acids is 1. The highest BCUT2D eigenvalue weighted by Crippen LogP contribution is 2.16. The second-order valence-electron chi connectivity index (χ2n) is 6.09. The molecular formula is C17H22N4O3S. The maximum Gasteiger partial charge on any atom is 0.253 e. The Labute approximate surface area is 147 Å². The smallest absolute Gasteiger partial charge is 0.253 e. The van der Waals surface area contributed by atoms with Gasteiger partial charge in [-0.25, -0.2) is 18.1 Å². The van der Waals surface area contributed by atoms with Gasteiger partial charge in [0, 0.05) is 31.0 Å². The maximum absolute atomic E-state index is 12.5. The number of carbonyl (C=O) groups is 1. The van der Waals surface area contributed by atoms with Gasteiger partial charge in [0.25, 0.3) is 5.91 Å². The zero-order valence-electron chi connectivity index (χ0n) is 13.9. The number of aromatic amines is 1. The maximum atomic E-state index is 12.5. The van der Waals surface area contributed by atoms with E-state index in [0.717, 1.165) is 38.8 Å². The number of nitrogens with zero attached hydrogens (tertiary/aromatic N) is 2. The Hall–Kier alpha value is -2.19. The van der Waals surface area contributed by atoms with E-state index in [2.05, 4.69) is 14.7 Å². The molecule has 1 fully saturated rings. The van der Waals surface area contributed by atoms with Crippen molar-refractivity contribution in [3.05, 3.63) is 48.0 Å². The summed E-state index contributed by atoms with van der Waals surface area (Å²) in [6.07, 6.45) is 7.55. The topological polar surface area (TPSA) is 95.2 Å². The minimum atomic E-state index is -3.64. The fraction of sp³-hybridized carbons (Fsp3) is 0.412. The van der Waals surface area contributed by atoms with Gasteiger partial charge in [0.2, 0.25) is 10.0 Å². The van der Waals surface area contributed by atoms with Crippen LogP contribution in [0.4, 0.5) is 0 Å². The Balaban J connectivity index is 1.67.